The molecule has 0 radical (unpaired) electrons. The molecule has 4 atom stereocenters. The Kier molecular flexibility index (Phi) is 14.2. The van der Waals surface area contributed by atoms with Gasteiger partial charge in [0.1, 0.15) is 18.1 Å². The number of aliphatic carboxylic acids is 1. The Morgan fingerprint density at radius 2 is 1.42 bits per heavy atom. The highest BCUT2D eigenvalue weighted by atomic mass is 32.1. The number of primary amides is 1. The lowest BCUT2D eigenvalue weighted by Crippen LogP contribution is -2.58. The number of hydrogen-bond acceptors (Lipinski definition) is 9. The molecule has 0 spiro atoms. The summed E-state index contributed by atoms with van der Waals surface area (Å²) in [6.45, 7) is -0.579. The Bertz CT molecular complexity index is 732. The Morgan fingerprint density at radius 1 is 0.879 bits per heavy atom. The zero-order valence-electron chi connectivity index (χ0n) is 17.9. The second-order valence-corrected chi connectivity index (χ2v) is 7.31. The molecular weight excluding hydrogens is 460 g/mol. The standard InChI is InChI=1S/C17H32N8O7S/c18-8(2-1-5-22-17(20)21)13(28)24-10(6-26)15(30)23-9(3-4-12(19)27)14(29)25-11(7-33)16(31)32/h8-11,26,33H,1-7,18H2,(H2,19,27)(H,23,30)(H,24,28)(H,25,29)(H,31,32)(H4,20,21,22). The fourth-order valence-electron chi connectivity index (χ4n) is 2.41. The first-order valence-electron chi connectivity index (χ1n) is 9.87. The van der Waals surface area contributed by atoms with E-state index >= 15 is 0 Å². The molecule has 33 heavy (non-hydrogen) atoms. The van der Waals surface area contributed by atoms with Gasteiger partial charge in [-0.2, -0.15) is 12.6 Å². The second kappa shape index (κ2) is 15.7. The van der Waals surface area contributed by atoms with Gasteiger partial charge in [0.2, 0.25) is 23.6 Å². The molecule has 4 amide bonds. The highest BCUT2D eigenvalue weighted by Gasteiger charge is 2.29. The molecule has 0 saturated heterocycles. The van der Waals surface area contributed by atoms with Crippen LogP contribution in [0.1, 0.15) is 25.7 Å². The van der Waals surface area contributed by atoms with E-state index in [9.17, 15) is 29.1 Å². The first-order chi connectivity index (χ1) is 15.4. The predicted molar refractivity (Wildman–Crippen MR) is 121 cm³/mol. The number of amides is 4. The molecule has 0 fully saturated rings. The molecule has 0 aromatic carbocycles. The summed E-state index contributed by atoms with van der Waals surface area (Å²) in [4.78, 5) is 63.1. The molecule has 0 aromatic heterocycles. The van der Waals surface area contributed by atoms with Gasteiger partial charge in [-0.05, 0) is 19.3 Å². The summed E-state index contributed by atoms with van der Waals surface area (Å²) in [5.74, 6) is -5.06. The van der Waals surface area contributed by atoms with Gasteiger partial charge >= 0.3 is 5.97 Å². The van der Waals surface area contributed by atoms with Gasteiger partial charge in [0.15, 0.2) is 5.96 Å². The second-order valence-electron chi connectivity index (χ2n) is 6.95. The van der Waals surface area contributed by atoms with Crippen LogP contribution in [-0.2, 0) is 24.0 Å². The summed E-state index contributed by atoms with van der Waals surface area (Å²) in [7, 11) is 0. The van der Waals surface area contributed by atoms with Crippen LogP contribution in [0.15, 0.2) is 4.99 Å². The van der Waals surface area contributed by atoms with E-state index in [2.05, 4.69) is 33.6 Å². The number of carboxylic acid groups (broad SMARTS) is 1. The summed E-state index contributed by atoms with van der Waals surface area (Å²) in [5.41, 5.74) is 21.2. The number of nitrogens with zero attached hydrogens (tertiary/aromatic N) is 1. The first-order valence-corrected chi connectivity index (χ1v) is 10.5. The maximum absolute atomic E-state index is 12.5. The van der Waals surface area contributed by atoms with Crippen molar-refractivity contribution in [3.8, 4) is 0 Å². The third kappa shape index (κ3) is 12.5. The molecular formula is C17H32N8O7S. The van der Waals surface area contributed by atoms with E-state index in [0.717, 1.165) is 0 Å². The summed E-state index contributed by atoms with van der Waals surface area (Å²) in [6, 6.07) is -5.21. The molecule has 188 valence electrons. The third-order valence-corrected chi connectivity index (χ3v) is 4.59. The number of aliphatic imine (C=N–C) groups is 1. The molecule has 4 unspecified atom stereocenters. The number of carboxylic acids is 1. The normalized spacial score (nSPS) is 14.2. The van der Waals surface area contributed by atoms with E-state index in [0.29, 0.717) is 6.42 Å². The highest BCUT2D eigenvalue weighted by Crippen LogP contribution is 2.02. The fraction of sp³-hybridized carbons (Fsp3) is 0.647. The van der Waals surface area contributed by atoms with E-state index in [1.165, 1.54) is 0 Å². The van der Waals surface area contributed by atoms with E-state index in [1.54, 1.807) is 0 Å². The van der Waals surface area contributed by atoms with Gasteiger partial charge in [-0.25, -0.2) is 4.79 Å². The van der Waals surface area contributed by atoms with Crippen molar-refractivity contribution < 1.29 is 34.2 Å². The average molecular weight is 493 g/mol. The molecule has 0 rings (SSSR count). The van der Waals surface area contributed by atoms with Crippen molar-refractivity contribution >= 4 is 48.2 Å². The fourth-order valence-corrected chi connectivity index (χ4v) is 2.66. The lowest BCUT2D eigenvalue weighted by Gasteiger charge is -2.24. The number of aliphatic hydroxyl groups is 1. The zero-order chi connectivity index (χ0) is 25.6. The molecule has 15 nitrogen and oxygen atoms in total. The number of carbonyl (C=O) groups excluding carboxylic acids is 4. The Labute approximate surface area is 195 Å². The number of guanidine groups is 1. The quantitative estimate of drug-likeness (QED) is 0.0424. The molecule has 0 aliphatic rings. The minimum absolute atomic E-state index is 0.107. The topological polar surface area (TPSA) is 278 Å². The predicted octanol–water partition coefficient (Wildman–Crippen LogP) is -4.91. The maximum atomic E-state index is 12.5. The van der Waals surface area contributed by atoms with Gasteiger partial charge in [0.05, 0.1) is 12.6 Å². The lowest BCUT2D eigenvalue weighted by atomic mass is 10.1. The highest BCUT2D eigenvalue weighted by molar-refractivity contribution is 7.80. The zero-order valence-corrected chi connectivity index (χ0v) is 18.8. The first kappa shape index (κ1) is 29.9. The number of nitrogens with two attached hydrogens (primary N) is 4. The molecule has 0 bridgehead atoms. The van der Waals surface area contributed by atoms with Gasteiger partial charge in [0.25, 0.3) is 0 Å². The smallest absolute Gasteiger partial charge is 0.327 e. The van der Waals surface area contributed by atoms with Crippen LogP contribution in [0.5, 0.6) is 0 Å². The maximum Gasteiger partial charge on any atom is 0.327 e. The Hall–Kier alpha value is -3.11. The minimum Gasteiger partial charge on any atom is -0.480 e. The van der Waals surface area contributed by atoms with Gasteiger partial charge in [-0.1, -0.05) is 0 Å². The van der Waals surface area contributed by atoms with Gasteiger partial charge in [0, 0.05) is 18.7 Å². The van der Waals surface area contributed by atoms with Gasteiger partial charge in [-0.15, -0.1) is 0 Å². The van der Waals surface area contributed by atoms with Crippen molar-refractivity contribution in [2.45, 2.75) is 49.9 Å². The molecule has 13 N–H and O–H groups in total. The van der Waals surface area contributed by atoms with Gasteiger partial charge in [-0.3, -0.25) is 24.2 Å². The lowest BCUT2D eigenvalue weighted by molar-refractivity contribution is -0.141. The van der Waals surface area contributed by atoms with Crippen LogP contribution in [0.2, 0.25) is 0 Å². The summed E-state index contributed by atoms with van der Waals surface area (Å²) >= 11 is 3.83. The molecule has 0 aromatic rings. The minimum atomic E-state index is -1.47. The summed E-state index contributed by atoms with van der Waals surface area (Å²) in [5, 5.41) is 25.2. The summed E-state index contributed by atoms with van der Waals surface area (Å²) < 4.78 is 0. The van der Waals surface area contributed by atoms with Crippen LogP contribution >= 0.6 is 12.6 Å². The third-order valence-electron chi connectivity index (χ3n) is 4.23. The van der Waals surface area contributed by atoms with Crippen LogP contribution < -0.4 is 38.9 Å². The Balaban J connectivity index is 5.10. The van der Waals surface area contributed by atoms with E-state index in [-0.39, 0.29) is 37.5 Å². The Morgan fingerprint density at radius 3 is 1.91 bits per heavy atom. The number of rotatable bonds is 16. The van der Waals surface area contributed by atoms with Crippen molar-refractivity contribution in [2.24, 2.45) is 27.9 Å². The summed E-state index contributed by atoms with van der Waals surface area (Å²) in [6.07, 6.45) is 0.0239. The average Bonchev–Trinajstić information content (AvgIpc) is 2.74. The number of aliphatic hydroxyl groups excluding tert-OH is 1. The van der Waals surface area contributed by atoms with Crippen LogP contribution in [0.25, 0.3) is 0 Å². The number of hydrogen-bond donors (Lipinski definition) is 10. The largest absolute Gasteiger partial charge is 0.480 e. The molecule has 0 saturated carbocycles. The van der Waals surface area contributed by atoms with Crippen molar-refractivity contribution in [2.75, 3.05) is 18.9 Å². The number of thiol groups is 1. The van der Waals surface area contributed by atoms with Crippen molar-refractivity contribution in [1.82, 2.24) is 16.0 Å². The van der Waals surface area contributed by atoms with Crippen LogP contribution in [0, 0.1) is 0 Å². The van der Waals surface area contributed by atoms with Gasteiger partial charge < -0.3 is 49.1 Å². The van der Waals surface area contributed by atoms with E-state index in [4.69, 9.17) is 28.0 Å². The van der Waals surface area contributed by atoms with E-state index in [1.807, 2.05) is 0 Å². The molecule has 0 heterocycles. The molecule has 16 heteroatoms. The van der Waals surface area contributed by atoms with Crippen molar-refractivity contribution in [3.63, 3.8) is 0 Å². The SMILES string of the molecule is NC(=O)CCC(NC(=O)C(CO)NC(=O)C(N)CCCN=C(N)N)C(=O)NC(CS)C(=O)O. The van der Waals surface area contributed by atoms with Crippen LogP contribution in [0.3, 0.4) is 0 Å². The van der Waals surface area contributed by atoms with Crippen LogP contribution in [-0.4, -0.2) is 88.8 Å². The van der Waals surface area contributed by atoms with E-state index < -0.39 is 60.4 Å². The van der Waals surface area contributed by atoms with Crippen molar-refractivity contribution in [1.29, 1.82) is 0 Å². The van der Waals surface area contributed by atoms with Crippen LogP contribution in [0.4, 0.5) is 0 Å². The molecule has 0 aliphatic carbocycles. The monoisotopic (exact) mass is 492 g/mol. The molecule has 0 aliphatic heterocycles. The number of carbonyl (C=O) groups is 5. The number of nitrogens with one attached hydrogen (secondary N) is 3. The van der Waals surface area contributed by atoms with Crippen molar-refractivity contribution in [3.05, 3.63) is 0 Å².